The molecule has 78 valence electrons. The Morgan fingerprint density at radius 3 is 2.77 bits per heavy atom. The summed E-state index contributed by atoms with van der Waals surface area (Å²) in [5.74, 6) is 0.736. The quantitative estimate of drug-likeness (QED) is 0.663. The first kappa shape index (κ1) is 11.0. The second kappa shape index (κ2) is 5.61. The van der Waals surface area contributed by atoms with E-state index in [2.05, 4.69) is 26.1 Å². The zero-order valence-corrected chi connectivity index (χ0v) is 9.18. The maximum Gasteiger partial charge on any atom is 0.0714 e. The Kier molecular flexibility index (Phi) is 4.74. The van der Waals surface area contributed by atoms with Crippen molar-refractivity contribution in [3.8, 4) is 0 Å². The number of ether oxygens (including phenoxy) is 1. The number of unbranched alkanes of at least 4 members (excludes halogenated alkanes) is 1. The highest BCUT2D eigenvalue weighted by atomic mass is 16.5. The fourth-order valence-electron chi connectivity index (χ4n) is 1.76. The Bertz CT molecular complexity index is 136. The van der Waals surface area contributed by atoms with Crippen LogP contribution in [0.1, 0.15) is 40.0 Å². The number of nitrogens with one attached hydrogen (secondary N) is 1. The monoisotopic (exact) mass is 185 g/mol. The smallest absolute Gasteiger partial charge is 0.0714 e. The Morgan fingerprint density at radius 1 is 1.46 bits per heavy atom. The predicted octanol–water partition coefficient (Wildman–Crippen LogP) is 2.19. The van der Waals surface area contributed by atoms with Crippen molar-refractivity contribution in [2.24, 2.45) is 5.92 Å². The van der Waals surface area contributed by atoms with Crippen LogP contribution in [0.4, 0.5) is 0 Å². The molecule has 0 bridgehead atoms. The van der Waals surface area contributed by atoms with Crippen LogP contribution in [-0.4, -0.2) is 25.3 Å². The van der Waals surface area contributed by atoms with Gasteiger partial charge in [0, 0.05) is 19.2 Å². The van der Waals surface area contributed by atoms with Crippen LogP contribution >= 0.6 is 0 Å². The molecule has 0 unspecified atom stereocenters. The molecular weight excluding hydrogens is 162 g/mol. The maximum absolute atomic E-state index is 5.76. The van der Waals surface area contributed by atoms with E-state index in [1.54, 1.807) is 0 Å². The molecule has 0 amide bonds. The van der Waals surface area contributed by atoms with Gasteiger partial charge in [-0.1, -0.05) is 27.2 Å². The van der Waals surface area contributed by atoms with Gasteiger partial charge in [0.15, 0.2) is 0 Å². The topological polar surface area (TPSA) is 21.3 Å². The molecule has 2 atom stereocenters. The molecule has 0 spiro atoms. The minimum absolute atomic E-state index is 0.471. The highest BCUT2D eigenvalue weighted by molar-refractivity contribution is 4.84. The first-order valence-electron chi connectivity index (χ1n) is 5.59. The van der Waals surface area contributed by atoms with Crippen molar-refractivity contribution >= 4 is 0 Å². The summed E-state index contributed by atoms with van der Waals surface area (Å²) in [6, 6.07) is 0.673. The van der Waals surface area contributed by atoms with E-state index >= 15 is 0 Å². The molecule has 0 aromatic heterocycles. The van der Waals surface area contributed by atoms with E-state index in [1.165, 1.54) is 19.3 Å². The van der Waals surface area contributed by atoms with Gasteiger partial charge in [-0.15, -0.1) is 0 Å². The molecule has 0 aromatic carbocycles. The van der Waals surface area contributed by atoms with Crippen molar-refractivity contribution in [3.05, 3.63) is 0 Å². The lowest BCUT2D eigenvalue weighted by atomic mass is 10.0. The van der Waals surface area contributed by atoms with Crippen LogP contribution in [-0.2, 0) is 4.74 Å². The molecule has 0 saturated carbocycles. The summed E-state index contributed by atoms with van der Waals surface area (Å²) < 4.78 is 5.76. The lowest BCUT2D eigenvalue weighted by Gasteiger charge is -2.14. The minimum atomic E-state index is 0.471. The zero-order chi connectivity index (χ0) is 9.68. The summed E-state index contributed by atoms with van der Waals surface area (Å²) in [5, 5.41) is 3.51. The van der Waals surface area contributed by atoms with E-state index in [9.17, 15) is 0 Å². The normalized spacial score (nSPS) is 28.6. The van der Waals surface area contributed by atoms with Crippen LogP contribution in [0.5, 0.6) is 0 Å². The van der Waals surface area contributed by atoms with Crippen molar-refractivity contribution < 1.29 is 4.74 Å². The average molecular weight is 185 g/mol. The summed E-state index contributed by atoms with van der Waals surface area (Å²) in [6.07, 6.45) is 4.09. The fraction of sp³-hybridized carbons (Fsp3) is 1.00. The molecule has 1 heterocycles. The van der Waals surface area contributed by atoms with Crippen molar-refractivity contribution in [2.75, 3.05) is 13.2 Å². The number of hydrogen-bond donors (Lipinski definition) is 1. The average Bonchev–Trinajstić information content (AvgIpc) is 2.53. The third-order valence-corrected chi connectivity index (χ3v) is 2.78. The second-order valence-electron chi connectivity index (χ2n) is 4.34. The lowest BCUT2D eigenvalue weighted by Crippen LogP contribution is -2.26. The summed E-state index contributed by atoms with van der Waals surface area (Å²) in [6.45, 7) is 8.73. The molecule has 1 rings (SSSR count). The first-order valence-corrected chi connectivity index (χ1v) is 5.59. The maximum atomic E-state index is 5.76. The fourth-order valence-corrected chi connectivity index (χ4v) is 1.76. The largest absolute Gasteiger partial charge is 0.377 e. The van der Waals surface area contributed by atoms with E-state index in [0.29, 0.717) is 12.1 Å². The zero-order valence-electron chi connectivity index (χ0n) is 9.18. The van der Waals surface area contributed by atoms with Crippen molar-refractivity contribution in [1.82, 2.24) is 5.32 Å². The molecule has 1 N–H and O–H groups in total. The summed E-state index contributed by atoms with van der Waals surface area (Å²) >= 11 is 0. The first-order chi connectivity index (χ1) is 6.24. The Balaban J connectivity index is 2.10. The molecule has 0 aliphatic carbocycles. The standard InChI is InChI=1S/C11H23NO/c1-4-5-6-13-10-7-11(9(2)3)12-8-10/h9-12H,4-8H2,1-3H3/t10-,11+/m0/s1. The van der Waals surface area contributed by atoms with Crippen LogP contribution < -0.4 is 5.32 Å². The van der Waals surface area contributed by atoms with Crippen molar-refractivity contribution in [2.45, 2.75) is 52.2 Å². The van der Waals surface area contributed by atoms with Crippen molar-refractivity contribution in [1.29, 1.82) is 0 Å². The highest BCUT2D eigenvalue weighted by Gasteiger charge is 2.26. The highest BCUT2D eigenvalue weighted by Crippen LogP contribution is 2.16. The number of hydrogen-bond acceptors (Lipinski definition) is 2. The molecule has 0 aromatic rings. The molecule has 2 nitrogen and oxygen atoms in total. The summed E-state index contributed by atoms with van der Waals surface area (Å²) in [4.78, 5) is 0. The van der Waals surface area contributed by atoms with Crippen LogP contribution in [0.15, 0.2) is 0 Å². The van der Waals surface area contributed by atoms with Gasteiger partial charge in [0.05, 0.1) is 6.10 Å². The van der Waals surface area contributed by atoms with Gasteiger partial charge in [-0.2, -0.15) is 0 Å². The molecular formula is C11H23NO. The molecule has 1 saturated heterocycles. The minimum Gasteiger partial charge on any atom is -0.377 e. The van der Waals surface area contributed by atoms with Gasteiger partial charge < -0.3 is 10.1 Å². The van der Waals surface area contributed by atoms with Gasteiger partial charge in [-0.3, -0.25) is 0 Å². The van der Waals surface area contributed by atoms with E-state index in [-0.39, 0.29) is 0 Å². The van der Waals surface area contributed by atoms with Gasteiger partial charge in [0.25, 0.3) is 0 Å². The summed E-state index contributed by atoms with van der Waals surface area (Å²) in [7, 11) is 0. The van der Waals surface area contributed by atoms with E-state index in [4.69, 9.17) is 4.74 Å². The predicted molar refractivity (Wildman–Crippen MR) is 55.9 cm³/mol. The molecule has 13 heavy (non-hydrogen) atoms. The lowest BCUT2D eigenvalue weighted by molar-refractivity contribution is 0.0625. The molecule has 2 heteroatoms. The second-order valence-corrected chi connectivity index (χ2v) is 4.34. The van der Waals surface area contributed by atoms with E-state index in [0.717, 1.165) is 19.1 Å². The van der Waals surface area contributed by atoms with Crippen LogP contribution in [0.3, 0.4) is 0 Å². The van der Waals surface area contributed by atoms with Gasteiger partial charge >= 0.3 is 0 Å². The number of rotatable bonds is 5. The SMILES string of the molecule is CCCCO[C@@H]1CN[C@@H](C(C)C)C1. The van der Waals surface area contributed by atoms with Crippen LogP contribution in [0, 0.1) is 5.92 Å². The molecule has 1 aliphatic heterocycles. The molecule has 1 fully saturated rings. The van der Waals surface area contributed by atoms with Crippen LogP contribution in [0.2, 0.25) is 0 Å². The molecule has 1 aliphatic rings. The molecule has 0 radical (unpaired) electrons. The summed E-state index contributed by atoms with van der Waals surface area (Å²) in [5.41, 5.74) is 0. The van der Waals surface area contributed by atoms with Crippen LogP contribution in [0.25, 0.3) is 0 Å². The third kappa shape index (κ3) is 3.65. The Hall–Kier alpha value is -0.0800. The van der Waals surface area contributed by atoms with Crippen molar-refractivity contribution in [3.63, 3.8) is 0 Å². The third-order valence-electron chi connectivity index (χ3n) is 2.78. The Labute approximate surface area is 82.0 Å². The van der Waals surface area contributed by atoms with Gasteiger partial charge in [-0.05, 0) is 18.8 Å². The van der Waals surface area contributed by atoms with E-state index < -0.39 is 0 Å². The van der Waals surface area contributed by atoms with Gasteiger partial charge in [-0.25, -0.2) is 0 Å². The van der Waals surface area contributed by atoms with Gasteiger partial charge in [0.1, 0.15) is 0 Å². The van der Waals surface area contributed by atoms with Gasteiger partial charge in [0.2, 0.25) is 0 Å². The Morgan fingerprint density at radius 2 is 2.23 bits per heavy atom. The van der Waals surface area contributed by atoms with E-state index in [1.807, 2.05) is 0 Å².